The van der Waals surface area contributed by atoms with E-state index in [1.54, 1.807) is 0 Å². The quantitative estimate of drug-likeness (QED) is 0.499. The number of halogens is 2. The van der Waals surface area contributed by atoms with E-state index in [2.05, 4.69) is 10.0 Å². The number of sulfonamides is 2. The van der Waals surface area contributed by atoms with E-state index >= 15 is 0 Å². The van der Waals surface area contributed by atoms with Crippen molar-refractivity contribution in [3.05, 3.63) is 84.4 Å². The first kappa shape index (κ1) is 24.1. The van der Waals surface area contributed by atoms with Crippen molar-refractivity contribution in [3.63, 3.8) is 0 Å². The van der Waals surface area contributed by atoms with Gasteiger partial charge in [0.05, 0.1) is 16.8 Å². The van der Waals surface area contributed by atoms with Gasteiger partial charge in [-0.15, -0.1) is 0 Å². The van der Waals surface area contributed by atoms with E-state index in [0.29, 0.717) is 0 Å². The maximum Gasteiger partial charge on any atom is 0.261 e. The SMILES string of the molecule is CS(=O)(=O)N(CC(=O)Nc1ccc(S(=O)(=O)Nc2ccc(F)cc2)cc1)c1cccc(F)c1. The maximum absolute atomic E-state index is 13.5. The van der Waals surface area contributed by atoms with E-state index in [1.807, 2.05) is 0 Å². The van der Waals surface area contributed by atoms with Gasteiger partial charge >= 0.3 is 0 Å². The molecule has 3 aromatic rings. The molecule has 0 saturated heterocycles. The topological polar surface area (TPSA) is 113 Å². The number of nitrogens with one attached hydrogen (secondary N) is 2. The van der Waals surface area contributed by atoms with Crippen molar-refractivity contribution in [2.45, 2.75) is 4.90 Å². The smallest absolute Gasteiger partial charge is 0.261 e. The summed E-state index contributed by atoms with van der Waals surface area (Å²) >= 11 is 0. The van der Waals surface area contributed by atoms with Crippen LogP contribution in [0.3, 0.4) is 0 Å². The second-order valence-corrected chi connectivity index (χ2v) is 10.5. The third-order valence-corrected chi connectivity index (χ3v) is 6.87. The van der Waals surface area contributed by atoms with E-state index < -0.39 is 44.1 Å². The van der Waals surface area contributed by atoms with Crippen LogP contribution in [0.25, 0.3) is 0 Å². The fourth-order valence-corrected chi connectivity index (χ4v) is 4.72. The molecule has 174 valence electrons. The predicted molar refractivity (Wildman–Crippen MR) is 121 cm³/mol. The van der Waals surface area contributed by atoms with Crippen LogP contribution >= 0.6 is 0 Å². The number of amides is 1. The zero-order valence-electron chi connectivity index (χ0n) is 17.2. The summed E-state index contributed by atoms with van der Waals surface area (Å²) in [6, 6.07) is 14.7. The summed E-state index contributed by atoms with van der Waals surface area (Å²) in [4.78, 5) is 12.3. The maximum atomic E-state index is 13.5. The summed E-state index contributed by atoms with van der Waals surface area (Å²) in [7, 11) is -7.84. The summed E-state index contributed by atoms with van der Waals surface area (Å²) < 4.78 is 78.6. The molecule has 0 aliphatic carbocycles. The number of benzene rings is 3. The van der Waals surface area contributed by atoms with Gasteiger partial charge in [-0.25, -0.2) is 25.6 Å². The molecule has 2 N–H and O–H groups in total. The minimum Gasteiger partial charge on any atom is -0.325 e. The van der Waals surface area contributed by atoms with Crippen LogP contribution in [0.5, 0.6) is 0 Å². The number of hydrogen-bond acceptors (Lipinski definition) is 5. The highest BCUT2D eigenvalue weighted by molar-refractivity contribution is 7.92. The van der Waals surface area contributed by atoms with Crippen LogP contribution in [-0.2, 0) is 24.8 Å². The Kier molecular flexibility index (Phi) is 6.98. The van der Waals surface area contributed by atoms with Crippen LogP contribution in [0, 0.1) is 11.6 Å². The van der Waals surface area contributed by atoms with E-state index in [-0.39, 0.29) is 22.0 Å². The fourth-order valence-electron chi connectivity index (χ4n) is 2.81. The normalized spacial score (nSPS) is 11.6. The highest BCUT2D eigenvalue weighted by atomic mass is 32.2. The fraction of sp³-hybridized carbons (Fsp3) is 0.0952. The number of carbonyl (C=O) groups excluding carboxylic acids is 1. The molecule has 0 heterocycles. The molecule has 0 saturated carbocycles. The first-order valence-electron chi connectivity index (χ1n) is 9.36. The molecule has 12 heteroatoms. The molecule has 0 fully saturated rings. The van der Waals surface area contributed by atoms with Gasteiger partial charge in [0.2, 0.25) is 15.9 Å². The zero-order chi connectivity index (χ0) is 24.2. The van der Waals surface area contributed by atoms with Gasteiger partial charge in [-0.05, 0) is 66.7 Å². The standard InChI is InChI=1S/C21H19F2N3O5S2/c1-32(28,29)26(19-4-2-3-16(23)13-19)14-21(27)24-17-9-11-20(12-10-17)33(30,31)25-18-7-5-15(22)6-8-18/h2-13,25H,14H2,1H3,(H,24,27). The van der Waals surface area contributed by atoms with Gasteiger partial charge in [-0.2, -0.15) is 0 Å². The molecule has 0 spiro atoms. The summed E-state index contributed by atoms with van der Waals surface area (Å²) in [5, 5.41) is 2.47. The van der Waals surface area contributed by atoms with Crippen molar-refractivity contribution in [2.24, 2.45) is 0 Å². The van der Waals surface area contributed by atoms with Crippen LogP contribution in [0.1, 0.15) is 0 Å². The van der Waals surface area contributed by atoms with Crippen molar-refractivity contribution in [1.82, 2.24) is 0 Å². The lowest BCUT2D eigenvalue weighted by Crippen LogP contribution is -2.37. The molecule has 3 rings (SSSR count). The van der Waals surface area contributed by atoms with Gasteiger partial charge in [-0.1, -0.05) is 6.07 Å². The lowest BCUT2D eigenvalue weighted by Gasteiger charge is -2.22. The first-order chi connectivity index (χ1) is 15.4. The van der Waals surface area contributed by atoms with Gasteiger partial charge in [0, 0.05) is 11.4 Å². The van der Waals surface area contributed by atoms with Crippen molar-refractivity contribution >= 4 is 43.0 Å². The van der Waals surface area contributed by atoms with Crippen molar-refractivity contribution < 1.29 is 30.4 Å². The lowest BCUT2D eigenvalue weighted by atomic mass is 10.3. The molecule has 0 unspecified atom stereocenters. The summed E-state index contributed by atoms with van der Waals surface area (Å²) in [6.45, 7) is -0.617. The van der Waals surface area contributed by atoms with E-state index in [0.717, 1.165) is 34.8 Å². The Bertz CT molecular complexity index is 1360. The Hall–Kier alpha value is -3.51. The lowest BCUT2D eigenvalue weighted by molar-refractivity contribution is -0.114. The molecule has 0 aliphatic rings. The third-order valence-electron chi connectivity index (χ3n) is 4.33. The van der Waals surface area contributed by atoms with Gasteiger partial charge in [0.25, 0.3) is 10.0 Å². The molecular weight excluding hydrogens is 476 g/mol. The first-order valence-corrected chi connectivity index (χ1v) is 12.7. The van der Waals surface area contributed by atoms with Crippen LogP contribution < -0.4 is 14.3 Å². The Morgan fingerprint density at radius 2 is 1.45 bits per heavy atom. The number of nitrogens with zero attached hydrogens (tertiary/aromatic N) is 1. The van der Waals surface area contributed by atoms with Crippen LogP contribution in [-0.4, -0.2) is 35.5 Å². The minimum atomic E-state index is -3.96. The summed E-state index contributed by atoms with van der Waals surface area (Å²) in [5.74, 6) is -1.89. The molecule has 0 aliphatic heterocycles. The number of carbonyl (C=O) groups is 1. The predicted octanol–water partition coefficient (Wildman–Crippen LogP) is 3.17. The molecule has 1 amide bonds. The molecule has 33 heavy (non-hydrogen) atoms. The molecule has 0 aromatic heterocycles. The number of rotatable bonds is 8. The molecule has 0 bridgehead atoms. The second kappa shape index (κ2) is 9.55. The summed E-state index contributed by atoms with van der Waals surface area (Å²) in [5.41, 5.74) is 0.376. The zero-order valence-corrected chi connectivity index (χ0v) is 18.8. The highest BCUT2D eigenvalue weighted by Gasteiger charge is 2.21. The van der Waals surface area contributed by atoms with Crippen molar-refractivity contribution in [2.75, 3.05) is 27.1 Å². The Balaban J connectivity index is 1.70. The average molecular weight is 496 g/mol. The van der Waals surface area contributed by atoms with Crippen LogP contribution in [0.4, 0.5) is 25.8 Å². The summed E-state index contributed by atoms with van der Waals surface area (Å²) in [6.07, 6.45) is 0.888. The van der Waals surface area contributed by atoms with Gasteiger partial charge in [-0.3, -0.25) is 13.8 Å². The second-order valence-electron chi connectivity index (χ2n) is 6.93. The van der Waals surface area contributed by atoms with E-state index in [1.165, 1.54) is 48.5 Å². The highest BCUT2D eigenvalue weighted by Crippen LogP contribution is 2.20. The molecule has 3 aromatic carbocycles. The van der Waals surface area contributed by atoms with Gasteiger partial charge in [0.15, 0.2) is 0 Å². The Labute approximate surface area is 190 Å². The number of hydrogen-bond donors (Lipinski definition) is 2. The third kappa shape index (κ3) is 6.49. The average Bonchev–Trinajstić information content (AvgIpc) is 2.73. The molecule has 8 nitrogen and oxygen atoms in total. The molecule has 0 radical (unpaired) electrons. The molecule has 0 atom stereocenters. The monoisotopic (exact) mass is 495 g/mol. The van der Waals surface area contributed by atoms with Crippen molar-refractivity contribution in [3.8, 4) is 0 Å². The Morgan fingerprint density at radius 1 is 0.848 bits per heavy atom. The number of anilines is 3. The van der Waals surface area contributed by atoms with E-state index in [9.17, 15) is 30.4 Å². The van der Waals surface area contributed by atoms with Gasteiger partial charge in [0.1, 0.15) is 18.2 Å². The minimum absolute atomic E-state index is 0.0130. The van der Waals surface area contributed by atoms with Crippen LogP contribution in [0.15, 0.2) is 77.7 Å². The van der Waals surface area contributed by atoms with Gasteiger partial charge < -0.3 is 5.32 Å². The Morgan fingerprint density at radius 3 is 2.03 bits per heavy atom. The van der Waals surface area contributed by atoms with Crippen LogP contribution in [0.2, 0.25) is 0 Å². The van der Waals surface area contributed by atoms with E-state index in [4.69, 9.17) is 0 Å². The van der Waals surface area contributed by atoms with Crippen molar-refractivity contribution in [1.29, 1.82) is 0 Å². The molecular formula is C21H19F2N3O5S2. The largest absolute Gasteiger partial charge is 0.325 e.